The average Bonchev–Trinajstić information content (AvgIpc) is 2.80. The van der Waals surface area contributed by atoms with Crippen molar-refractivity contribution in [1.29, 1.82) is 0 Å². The molecule has 0 amide bonds. The maximum absolute atomic E-state index is 13.1. The molecule has 1 aliphatic heterocycles. The van der Waals surface area contributed by atoms with E-state index in [0.29, 0.717) is 0 Å². The van der Waals surface area contributed by atoms with Crippen LogP contribution in [0.3, 0.4) is 0 Å². The molecule has 0 unspecified atom stereocenters. The molecule has 1 N–H and O–H groups in total. The maximum atomic E-state index is 13.1. The summed E-state index contributed by atoms with van der Waals surface area (Å²) in [6.45, 7) is -0.131. The fraction of sp³-hybridized carbons (Fsp3) is 0.333. The van der Waals surface area contributed by atoms with Crippen LogP contribution in [0.15, 0.2) is 22.6 Å². The minimum absolute atomic E-state index is 0.0243. The SMILES string of the molecule is Oc1nnc(-c2ccc(N3CC(F)C3)c(C(F)(F)F)c2)o1. The molecule has 0 saturated carbocycles. The van der Waals surface area contributed by atoms with Gasteiger partial charge in [0.2, 0.25) is 0 Å². The topological polar surface area (TPSA) is 62.4 Å². The van der Waals surface area contributed by atoms with Gasteiger partial charge in [-0.25, -0.2) is 4.39 Å². The number of aromatic nitrogens is 2. The largest absolute Gasteiger partial charge is 0.465 e. The molecule has 0 radical (unpaired) electrons. The molecule has 2 aromatic rings. The quantitative estimate of drug-likeness (QED) is 0.864. The normalized spacial score (nSPS) is 16.1. The zero-order valence-corrected chi connectivity index (χ0v) is 10.4. The minimum Gasteiger partial charge on any atom is -0.465 e. The lowest BCUT2D eigenvalue weighted by atomic mass is 10.0. The molecule has 5 nitrogen and oxygen atoms in total. The van der Waals surface area contributed by atoms with E-state index in [9.17, 15) is 17.6 Å². The predicted molar refractivity (Wildman–Crippen MR) is 63.5 cm³/mol. The standard InChI is InChI=1S/C12H9F4N3O2/c13-7-4-19(5-7)9-2-1-6(3-8(9)12(14,15)16)10-17-18-11(20)21-10/h1-3,7H,4-5H2,(H,18,20). The van der Waals surface area contributed by atoms with Crippen LogP contribution < -0.4 is 4.90 Å². The lowest BCUT2D eigenvalue weighted by Crippen LogP contribution is -2.49. The van der Waals surface area contributed by atoms with Crippen molar-refractivity contribution in [1.82, 2.24) is 10.2 Å². The Morgan fingerprint density at radius 2 is 1.95 bits per heavy atom. The van der Waals surface area contributed by atoms with Gasteiger partial charge in [-0.2, -0.15) is 13.2 Å². The van der Waals surface area contributed by atoms with Crippen molar-refractivity contribution in [3.8, 4) is 17.5 Å². The molecule has 1 aromatic heterocycles. The highest BCUT2D eigenvalue weighted by Gasteiger charge is 2.38. The smallest absolute Gasteiger partial charge is 0.418 e. The fourth-order valence-corrected chi connectivity index (χ4v) is 2.13. The average molecular weight is 303 g/mol. The molecule has 112 valence electrons. The number of alkyl halides is 4. The van der Waals surface area contributed by atoms with Crippen molar-refractivity contribution in [3.05, 3.63) is 23.8 Å². The summed E-state index contributed by atoms with van der Waals surface area (Å²) in [7, 11) is 0. The van der Waals surface area contributed by atoms with Crippen molar-refractivity contribution in [2.45, 2.75) is 12.3 Å². The van der Waals surface area contributed by atoms with Crippen LogP contribution in [0.4, 0.5) is 23.2 Å². The van der Waals surface area contributed by atoms with Gasteiger partial charge >= 0.3 is 12.3 Å². The molecule has 0 bridgehead atoms. The summed E-state index contributed by atoms with van der Waals surface area (Å²) in [6.07, 6.45) is -6.45. The van der Waals surface area contributed by atoms with Gasteiger partial charge in [-0.3, -0.25) is 0 Å². The Morgan fingerprint density at radius 3 is 2.48 bits per heavy atom. The minimum atomic E-state index is -4.60. The van der Waals surface area contributed by atoms with Crippen LogP contribution in [-0.4, -0.2) is 34.6 Å². The van der Waals surface area contributed by atoms with Crippen LogP contribution in [0.5, 0.6) is 6.08 Å². The molecular weight excluding hydrogens is 294 g/mol. The number of hydrogen-bond donors (Lipinski definition) is 1. The van der Waals surface area contributed by atoms with Gasteiger partial charge in [-0.1, -0.05) is 5.10 Å². The summed E-state index contributed by atoms with van der Waals surface area (Å²) in [5.74, 6) is -0.225. The van der Waals surface area contributed by atoms with Crippen molar-refractivity contribution >= 4 is 5.69 Å². The highest BCUT2D eigenvalue weighted by Crippen LogP contribution is 2.40. The third kappa shape index (κ3) is 2.50. The zero-order valence-electron chi connectivity index (χ0n) is 10.4. The molecule has 0 aliphatic carbocycles. The first kappa shape index (κ1) is 13.7. The second kappa shape index (κ2) is 4.61. The number of benzene rings is 1. The first-order valence-electron chi connectivity index (χ1n) is 5.97. The Kier molecular flexibility index (Phi) is 2.99. The number of hydrogen-bond acceptors (Lipinski definition) is 5. The molecule has 1 aromatic carbocycles. The summed E-state index contributed by atoms with van der Waals surface area (Å²) in [5.41, 5.74) is -0.982. The lowest BCUT2D eigenvalue weighted by Gasteiger charge is -2.37. The van der Waals surface area contributed by atoms with Crippen molar-refractivity contribution < 1.29 is 27.1 Å². The molecule has 1 aliphatic rings. The Labute approximate surface area is 115 Å². The van der Waals surface area contributed by atoms with Crippen LogP contribution in [0.25, 0.3) is 11.5 Å². The van der Waals surface area contributed by atoms with Crippen LogP contribution >= 0.6 is 0 Å². The first-order chi connectivity index (χ1) is 9.84. The predicted octanol–water partition coefficient (Wildman–Crippen LogP) is 2.62. The van der Waals surface area contributed by atoms with E-state index in [0.717, 1.165) is 6.07 Å². The van der Waals surface area contributed by atoms with Crippen LogP contribution in [-0.2, 0) is 6.18 Å². The summed E-state index contributed by atoms with van der Waals surface area (Å²) < 4.78 is 56.9. The summed E-state index contributed by atoms with van der Waals surface area (Å²) in [4.78, 5) is 1.31. The van der Waals surface area contributed by atoms with Gasteiger partial charge in [0.1, 0.15) is 6.17 Å². The summed E-state index contributed by atoms with van der Waals surface area (Å²) >= 11 is 0. The fourth-order valence-electron chi connectivity index (χ4n) is 2.13. The second-order valence-electron chi connectivity index (χ2n) is 4.62. The van der Waals surface area contributed by atoms with Crippen molar-refractivity contribution in [2.24, 2.45) is 0 Å². The van der Waals surface area contributed by atoms with E-state index < -0.39 is 24.0 Å². The molecule has 0 atom stereocenters. The molecule has 9 heteroatoms. The number of rotatable bonds is 2. The highest BCUT2D eigenvalue weighted by molar-refractivity contribution is 5.65. The third-order valence-corrected chi connectivity index (χ3v) is 3.14. The van der Waals surface area contributed by atoms with Crippen molar-refractivity contribution in [2.75, 3.05) is 18.0 Å². The van der Waals surface area contributed by atoms with E-state index in [2.05, 4.69) is 14.6 Å². The molecule has 3 rings (SSSR count). The first-order valence-corrected chi connectivity index (χ1v) is 5.97. The van der Waals surface area contributed by atoms with Crippen LogP contribution in [0.2, 0.25) is 0 Å². The lowest BCUT2D eigenvalue weighted by molar-refractivity contribution is -0.137. The highest BCUT2D eigenvalue weighted by atomic mass is 19.4. The van der Waals surface area contributed by atoms with Gasteiger partial charge in [-0.15, -0.1) is 5.10 Å². The number of halogens is 4. The van der Waals surface area contributed by atoms with Gasteiger partial charge in [0, 0.05) is 11.3 Å². The molecule has 0 spiro atoms. The monoisotopic (exact) mass is 303 g/mol. The van der Waals surface area contributed by atoms with E-state index in [1.54, 1.807) is 0 Å². The van der Waals surface area contributed by atoms with E-state index in [4.69, 9.17) is 5.11 Å². The third-order valence-electron chi connectivity index (χ3n) is 3.14. The summed E-state index contributed by atoms with van der Waals surface area (Å²) in [5, 5.41) is 15.5. The number of anilines is 1. The van der Waals surface area contributed by atoms with Crippen LogP contribution in [0.1, 0.15) is 5.56 Å². The van der Waals surface area contributed by atoms with E-state index >= 15 is 0 Å². The van der Waals surface area contributed by atoms with Crippen LogP contribution in [0, 0.1) is 0 Å². The Hall–Kier alpha value is -2.32. The molecule has 1 fully saturated rings. The van der Waals surface area contributed by atoms with Gasteiger partial charge in [-0.05, 0) is 18.2 Å². The van der Waals surface area contributed by atoms with Gasteiger partial charge in [0.05, 0.1) is 18.7 Å². The van der Waals surface area contributed by atoms with Crippen molar-refractivity contribution in [3.63, 3.8) is 0 Å². The van der Waals surface area contributed by atoms with Gasteiger partial charge in [0.25, 0.3) is 5.89 Å². The van der Waals surface area contributed by atoms with Gasteiger partial charge < -0.3 is 14.4 Å². The van der Waals surface area contributed by atoms with E-state index in [1.807, 2.05) is 0 Å². The number of aromatic hydroxyl groups is 1. The van der Waals surface area contributed by atoms with Gasteiger partial charge in [0.15, 0.2) is 0 Å². The molecule has 2 heterocycles. The van der Waals surface area contributed by atoms with E-state index in [1.165, 1.54) is 17.0 Å². The number of nitrogens with zero attached hydrogens (tertiary/aromatic N) is 3. The molecule has 1 saturated heterocycles. The molecular formula is C12H9F4N3O2. The Bertz CT molecular complexity index is 665. The molecule has 21 heavy (non-hydrogen) atoms. The van der Waals surface area contributed by atoms with E-state index in [-0.39, 0.29) is 30.2 Å². The summed E-state index contributed by atoms with van der Waals surface area (Å²) in [6, 6.07) is 3.42. The zero-order chi connectivity index (χ0) is 15.2. The maximum Gasteiger partial charge on any atom is 0.418 e. The second-order valence-corrected chi connectivity index (χ2v) is 4.62. The Balaban J connectivity index is 2.03. The Morgan fingerprint density at radius 1 is 1.24 bits per heavy atom.